The first-order valence-corrected chi connectivity index (χ1v) is 25.9. The van der Waals surface area contributed by atoms with Gasteiger partial charge in [0.1, 0.15) is 13.2 Å². The Hall–Kier alpha value is -3.15. The third-order valence-electron chi connectivity index (χ3n) is 10.9. The molecule has 0 aromatic heterocycles. The SMILES string of the molecule is CC/C=C\C/C=C\C/C=C\C/C=C\C/C=C\CCCCCC(=O)OC[C@@H](COC(=O)CCCCCCCCCCCCC)OC(=O)CCCCCCC/C=C\CCCCCCC. The van der Waals surface area contributed by atoms with Crippen LogP contribution in [0.5, 0.6) is 0 Å². The van der Waals surface area contributed by atoms with Gasteiger partial charge in [-0.2, -0.15) is 0 Å². The third kappa shape index (κ3) is 47.9. The van der Waals surface area contributed by atoms with Crippen LogP contribution in [-0.4, -0.2) is 37.2 Å². The monoisotopic (exact) mass is 865 g/mol. The molecule has 0 aromatic carbocycles. The largest absolute Gasteiger partial charge is 0.462 e. The first-order chi connectivity index (χ1) is 30.5. The quantitative estimate of drug-likeness (QED) is 0.0262. The molecule has 0 fully saturated rings. The van der Waals surface area contributed by atoms with Crippen LogP contribution in [0.15, 0.2) is 72.9 Å². The molecule has 0 aromatic rings. The molecular weight excluding hydrogens is 769 g/mol. The van der Waals surface area contributed by atoms with Crippen molar-refractivity contribution in [3.8, 4) is 0 Å². The van der Waals surface area contributed by atoms with Crippen LogP contribution in [0.3, 0.4) is 0 Å². The normalized spacial score (nSPS) is 12.6. The number of esters is 3. The van der Waals surface area contributed by atoms with Crippen molar-refractivity contribution in [3.05, 3.63) is 72.9 Å². The Bertz CT molecular complexity index is 1180. The zero-order valence-corrected chi connectivity index (χ0v) is 40.6. The Morgan fingerprint density at radius 3 is 1.02 bits per heavy atom. The molecular formula is C56H96O6. The molecule has 0 saturated carbocycles. The molecule has 1 atom stereocenters. The summed E-state index contributed by atoms with van der Waals surface area (Å²) in [5.74, 6) is -0.929. The molecule has 0 unspecified atom stereocenters. The van der Waals surface area contributed by atoms with E-state index in [-0.39, 0.29) is 31.1 Å². The van der Waals surface area contributed by atoms with Gasteiger partial charge in [0.2, 0.25) is 0 Å². The van der Waals surface area contributed by atoms with E-state index in [0.717, 1.165) is 109 Å². The van der Waals surface area contributed by atoms with Crippen molar-refractivity contribution in [2.75, 3.05) is 13.2 Å². The van der Waals surface area contributed by atoms with Gasteiger partial charge in [-0.15, -0.1) is 0 Å². The van der Waals surface area contributed by atoms with Gasteiger partial charge in [-0.25, -0.2) is 0 Å². The third-order valence-corrected chi connectivity index (χ3v) is 10.9. The average molecular weight is 865 g/mol. The minimum absolute atomic E-state index is 0.0879. The van der Waals surface area contributed by atoms with E-state index in [1.165, 1.54) is 96.3 Å². The lowest BCUT2D eigenvalue weighted by Crippen LogP contribution is -2.30. The van der Waals surface area contributed by atoms with E-state index in [0.29, 0.717) is 19.3 Å². The Balaban J connectivity index is 4.43. The molecule has 0 rings (SSSR count). The number of carbonyl (C=O) groups is 3. The topological polar surface area (TPSA) is 78.9 Å². The summed E-state index contributed by atoms with van der Waals surface area (Å²) in [6, 6.07) is 0. The average Bonchev–Trinajstić information content (AvgIpc) is 3.27. The molecule has 0 spiro atoms. The van der Waals surface area contributed by atoms with Crippen LogP contribution in [0.2, 0.25) is 0 Å². The summed E-state index contributed by atoms with van der Waals surface area (Å²) in [5.41, 5.74) is 0. The lowest BCUT2D eigenvalue weighted by atomic mass is 10.1. The van der Waals surface area contributed by atoms with Crippen molar-refractivity contribution in [1.29, 1.82) is 0 Å². The smallest absolute Gasteiger partial charge is 0.306 e. The second kappa shape index (κ2) is 50.5. The molecule has 356 valence electrons. The van der Waals surface area contributed by atoms with Gasteiger partial charge in [-0.3, -0.25) is 14.4 Å². The predicted molar refractivity (Wildman–Crippen MR) is 265 cm³/mol. The highest BCUT2D eigenvalue weighted by molar-refractivity contribution is 5.71. The summed E-state index contributed by atoms with van der Waals surface area (Å²) in [5, 5.41) is 0. The zero-order valence-electron chi connectivity index (χ0n) is 40.6. The number of carbonyl (C=O) groups excluding carboxylic acids is 3. The molecule has 0 radical (unpaired) electrons. The van der Waals surface area contributed by atoms with Crippen molar-refractivity contribution >= 4 is 17.9 Å². The Morgan fingerprint density at radius 2 is 0.629 bits per heavy atom. The molecule has 0 aliphatic carbocycles. The van der Waals surface area contributed by atoms with Gasteiger partial charge in [0.05, 0.1) is 0 Å². The van der Waals surface area contributed by atoms with E-state index in [1.807, 2.05) is 0 Å². The van der Waals surface area contributed by atoms with Gasteiger partial charge >= 0.3 is 17.9 Å². The predicted octanol–water partition coefficient (Wildman–Crippen LogP) is 17.0. The molecule has 6 heteroatoms. The van der Waals surface area contributed by atoms with Crippen LogP contribution >= 0.6 is 0 Å². The van der Waals surface area contributed by atoms with Crippen molar-refractivity contribution in [2.24, 2.45) is 0 Å². The second-order valence-electron chi connectivity index (χ2n) is 17.1. The molecule has 0 heterocycles. The van der Waals surface area contributed by atoms with Gasteiger partial charge in [0.25, 0.3) is 0 Å². The number of allylic oxidation sites excluding steroid dienone is 12. The molecule has 62 heavy (non-hydrogen) atoms. The minimum Gasteiger partial charge on any atom is -0.462 e. The van der Waals surface area contributed by atoms with E-state index < -0.39 is 6.10 Å². The summed E-state index contributed by atoms with van der Waals surface area (Å²) < 4.78 is 16.8. The van der Waals surface area contributed by atoms with Gasteiger partial charge in [0.15, 0.2) is 6.10 Å². The first kappa shape index (κ1) is 58.9. The molecule has 0 bridgehead atoms. The van der Waals surface area contributed by atoms with Crippen LogP contribution in [0.4, 0.5) is 0 Å². The van der Waals surface area contributed by atoms with E-state index in [1.54, 1.807) is 0 Å². The van der Waals surface area contributed by atoms with E-state index in [2.05, 4.69) is 93.7 Å². The molecule has 0 saturated heterocycles. The van der Waals surface area contributed by atoms with E-state index in [4.69, 9.17) is 14.2 Å². The second-order valence-corrected chi connectivity index (χ2v) is 17.1. The van der Waals surface area contributed by atoms with Gasteiger partial charge in [0, 0.05) is 19.3 Å². The standard InChI is InChI=1S/C56H96O6/c1-4-7-10-13-16-19-22-24-26-27-28-29-30-32-34-37-40-43-46-49-55(58)61-52-53(51-60-54(57)48-45-42-39-36-33-21-18-15-12-9-6-3)62-56(59)50-47-44-41-38-35-31-25-23-20-17-14-11-8-5-2/h7,10,16,19,23-26,28-29,32,34,53H,4-6,8-9,11-15,17-18,20-22,27,30-31,33,35-52H2,1-3H3/b10-7-,19-16-,25-23-,26-24-,29-28-,34-32-/t53-/m1/s1. The van der Waals surface area contributed by atoms with Crippen LogP contribution in [0.25, 0.3) is 0 Å². The molecule has 6 nitrogen and oxygen atoms in total. The Morgan fingerprint density at radius 1 is 0.339 bits per heavy atom. The summed E-state index contributed by atoms with van der Waals surface area (Å²) in [6.07, 6.45) is 63.1. The molecule has 0 amide bonds. The zero-order chi connectivity index (χ0) is 45.1. The fraction of sp³-hybridized carbons (Fsp3) is 0.732. The van der Waals surface area contributed by atoms with Crippen molar-refractivity contribution in [2.45, 2.75) is 252 Å². The van der Waals surface area contributed by atoms with Crippen molar-refractivity contribution in [3.63, 3.8) is 0 Å². The highest BCUT2D eigenvalue weighted by atomic mass is 16.6. The summed E-state index contributed by atoms with van der Waals surface area (Å²) in [4.78, 5) is 37.9. The van der Waals surface area contributed by atoms with E-state index in [9.17, 15) is 14.4 Å². The first-order valence-electron chi connectivity index (χ1n) is 25.9. The highest BCUT2D eigenvalue weighted by Gasteiger charge is 2.19. The van der Waals surface area contributed by atoms with Crippen LogP contribution < -0.4 is 0 Å². The van der Waals surface area contributed by atoms with Gasteiger partial charge in [-0.1, -0.05) is 209 Å². The fourth-order valence-electron chi connectivity index (χ4n) is 7.05. The van der Waals surface area contributed by atoms with Crippen molar-refractivity contribution < 1.29 is 28.6 Å². The van der Waals surface area contributed by atoms with Crippen molar-refractivity contribution in [1.82, 2.24) is 0 Å². The summed E-state index contributed by atoms with van der Waals surface area (Å²) in [7, 11) is 0. The lowest BCUT2D eigenvalue weighted by molar-refractivity contribution is -0.167. The summed E-state index contributed by atoms with van der Waals surface area (Å²) >= 11 is 0. The van der Waals surface area contributed by atoms with Crippen LogP contribution in [0, 0.1) is 0 Å². The minimum atomic E-state index is -0.790. The number of ether oxygens (including phenoxy) is 3. The van der Waals surface area contributed by atoms with Gasteiger partial charge in [-0.05, 0) is 89.9 Å². The Kier molecular flexibility index (Phi) is 47.9. The molecule has 0 aliphatic rings. The maximum atomic E-state index is 12.8. The fourth-order valence-corrected chi connectivity index (χ4v) is 7.05. The van der Waals surface area contributed by atoms with E-state index >= 15 is 0 Å². The summed E-state index contributed by atoms with van der Waals surface area (Å²) in [6.45, 7) is 6.47. The maximum Gasteiger partial charge on any atom is 0.306 e. The molecule has 0 aliphatic heterocycles. The number of hydrogen-bond acceptors (Lipinski definition) is 6. The lowest BCUT2D eigenvalue weighted by Gasteiger charge is -2.18. The van der Waals surface area contributed by atoms with Crippen LogP contribution in [-0.2, 0) is 28.6 Å². The number of rotatable bonds is 46. The maximum absolute atomic E-state index is 12.8. The number of hydrogen-bond donors (Lipinski definition) is 0. The Labute approximate surface area is 382 Å². The number of unbranched alkanes of at least 4 members (excludes halogenated alkanes) is 23. The molecule has 0 N–H and O–H groups in total. The van der Waals surface area contributed by atoms with Gasteiger partial charge < -0.3 is 14.2 Å². The highest BCUT2D eigenvalue weighted by Crippen LogP contribution is 2.14. The van der Waals surface area contributed by atoms with Crippen LogP contribution in [0.1, 0.15) is 245 Å².